The predicted molar refractivity (Wildman–Crippen MR) is 63.8 cm³/mol. The third-order valence-corrected chi connectivity index (χ3v) is 2.72. The first kappa shape index (κ1) is 11.7. The van der Waals surface area contributed by atoms with Crippen LogP contribution in [0.1, 0.15) is 17.9 Å². The van der Waals surface area contributed by atoms with Crippen LogP contribution in [0.25, 0.3) is 0 Å². The lowest BCUT2D eigenvalue weighted by molar-refractivity contribution is -0.118. The molecular formula is C10H10Br2NO. The molecule has 1 amide bonds. The van der Waals surface area contributed by atoms with Crippen molar-refractivity contribution in [2.45, 2.75) is 12.3 Å². The first-order valence-electron chi connectivity index (χ1n) is 4.06. The standard InChI is InChI=1S/C10H10Br2NO/c1-6(2-10(13)14)7-3-8(11)5-9(12)4-7/h3-6H,1-2H2,(H2,13,14). The third-order valence-electron chi connectivity index (χ3n) is 1.80. The minimum absolute atomic E-state index is 0.0960. The molecule has 0 aromatic heterocycles. The zero-order valence-corrected chi connectivity index (χ0v) is 10.6. The summed E-state index contributed by atoms with van der Waals surface area (Å²) in [5, 5.41) is 0. The van der Waals surface area contributed by atoms with Gasteiger partial charge in [0.05, 0.1) is 0 Å². The SMILES string of the molecule is [CH2]C(CC(N)=O)c1cc(Br)cc(Br)c1. The normalized spacial score (nSPS) is 12.5. The first-order chi connectivity index (χ1) is 6.49. The number of primary amides is 1. The van der Waals surface area contributed by atoms with Gasteiger partial charge in [-0.25, -0.2) is 0 Å². The van der Waals surface area contributed by atoms with Crippen LogP contribution >= 0.6 is 31.9 Å². The Morgan fingerprint density at radius 1 is 1.36 bits per heavy atom. The van der Waals surface area contributed by atoms with Crippen molar-refractivity contribution >= 4 is 37.8 Å². The van der Waals surface area contributed by atoms with E-state index in [4.69, 9.17) is 5.73 Å². The monoisotopic (exact) mass is 318 g/mol. The molecule has 75 valence electrons. The van der Waals surface area contributed by atoms with E-state index < -0.39 is 0 Å². The molecule has 0 bridgehead atoms. The molecule has 0 saturated carbocycles. The van der Waals surface area contributed by atoms with Gasteiger partial charge in [0.25, 0.3) is 0 Å². The van der Waals surface area contributed by atoms with Crippen molar-refractivity contribution in [3.63, 3.8) is 0 Å². The summed E-state index contributed by atoms with van der Waals surface area (Å²) >= 11 is 6.75. The van der Waals surface area contributed by atoms with Gasteiger partial charge in [-0.2, -0.15) is 0 Å². The van der Waals surface area contributed by atoms with E-state index in [1.54, 1.807) is 0 Å². The Balaban J connectivity index is 2.89. The maximum Gasteiger partial charge on any atom is 0.218 e. The molecule has 0 aliphatic rings. The number of halogens is 2. The Morgan fingerprint density at radius 3 is 2.29 bits per heavy atom. The van der Waals surface area contributed by atoms with Crippen LogP contribution in [0.15, 0.2) is 27.1 Å². The highest BCUT2D eigenvalue weighted by molar-refractivity contribution is 9.11. The predicted octanol–water partition coefficient (Wildman–Crippen LogP) is 3.00. The van der Waals surface area contributed by atoms with Gasteiger partial charge in [-0.05, 0) is 36.6 Å². The first-order valence-corrected chi connectivity index (χ1v) is 5.65. The highest BCUT2D eigenvalue weighted by Crippen LogP contribution is 2.26. The zero-order valence-electron chi connectivity index (χ0n) is 7.47. The van der Waals surface area contributed by atoms with E-state index in [0.717, 1.165) is 14.5 Å². The number of hydrogen-bond donors (Lipinski definition) is 1. The average molecular weight is 320 g/mol. The summed E-state index contributed by atoms with van der Waals surface area (Å²) in [4.78, 5) is 10.7. The summed E-state index contributed by atoms with van der Waals surface area (Å²) in [6, 6.07) is 5.80. The fourth-order valence-electron chi connectivity index (χ4n) is 1.17. The van der Waals surface area contributed by atoms with E-state index in [9.17, 15) is 4.79 Å². The van der Waals surface area contributed by atoms with Crippen molar-refractivity contribution in [3.05, 3.63) is 39.6 Å². The molecule has 2 nitrogen and oxygen atoms in total. The molecule has 0 heterocycles. The molecule has 1 radical (unpaired) electrons. The molecule has 14 heavy (non-hydrogen) atoms. The van der Waals surface area contributed by atoms with Gasteiger partial charge in [-0.1, -0.05) is 31.9 Å². The molecule has 1 rings (SSSR count). The van der Waals surface area contributed by atoms with Crippen LogP contribution in [0.2, 0.25) is 0 Å². The minimum Gasteiger partial charge on any atom is -0.370 e. The fourth-order valence-corrected chi connectivity index (χ4v) is 2.50. The van der Waals surface area contributed by atoms with E-state index in [-0.39, 0.29) is 18.2 Å². The summed E-state index contributed by atoms with van der Waals surface area (Å²) < 4.78 is 1.92. The number of hydrogen-bond acceptors (Lipinski definition) is 1. The van der Waals surface area contributed by atoms with Crippen molar-refractivity contribution in [1.29, 1.82) is 0 Å². The van der Waals surface area contributed by atoms with Crippen molar-refractivity contribution in [1.82, 2.24) is 0 Å². The van der Waals surface area contributed by atoms with Crippen molar-refractivity contribution in [3.8, 4) is 0 Å². The van der Waals surface area contributed by atoms with Gasteiger partial charge in [-0.15, -0.1) is 0 Å². The molecule has 0 fully saturated rings. The molecule has 1 aromatic carbocycles. The van der Waals surface area contributed by atoms with E-state index in [2.05, 4.69) is 38.8 Å². The van der Waals surface area contributed by atoms with Gasteiger partial charge < -0.3 is 5.73 Å². The molecule has 0 aliphatic heterocycles. The van der Waals surface area contributed by atoms with Crippen LogP contribution in [0, 0.1) is 6.92 Å². The number of carbonyl (C=O) groups excluding carboxylic acids is 1. The smallest absolute Gasteiger partial charge is 0.218 e. The molecule has 1 atom stereocenters. The lowest BCUT2D eigenvalue weighted by atomic mass is 9.98. The zero-order chi connectivity index (χ0) is 10.7. The van der Waals surface area contributed by atoms with E-state index in [1.807, 2.05) is 18.2 Å². The quantitative estimate of drug-likeness (QED) is 0.914. The summed E-state index contributed by atoms with van der Waals surface area (Å²) in [5.74, 6) is -0.428. The number of nitrogens with two attached hydrogens (primary N) is 1. The van der Waals surface area contributed by atoms with Gasteiger partial charge in [0.1, 0.15) is 0 Å². The Labute approximate surface area is 100 Å². The second-order valence-electron chi connectivity index (χ2n) is 3.07. The summed E-state index contributed by atoms with van der Waals surface area (Å²) in [7, 11) is 0. The van der Waals surface area contributed by atoms with Crippen LogP contribution in [0.4, 0.5) is 0 Å². The molecular weight excluding hydrogens is 310 g/mol. The number of benzene rings is 1. The number of amides is 1. The Kier molecular flexibility index (Phi) is 4.13. The van der Waals surface area contributed by atoms with Crippen LogP contribution in [0.3, 0.4) is 0 Å². The van der Waals surface area contributed by atoms with Gasteiger partial charge in [0.2, 0.25) is 5.91 Å². The lowest BCUT2D eigenvalue weighted by Gasteiger charge is -2.10. The Hall–Kier alpha value is -0.350. The Bertz CT molecular complexity index is 332. The van der Waals surface area contributed by atoms with E-state index in [1.165, 1.54) is 0 Å². The summed E-state index contributed by atoms with van der Waals surface area (Å²) in [6.45, 7) is 3.89. The lowest BCUT2D eigenvalue weighted by Crippen LogP contribution is -2.13. The molecule has 4 heteroatoms. The maximum atomic E-state index is 10.7. The van der Waals surface area contributed by atoms with E-state index in [0.29, 0.717) is 0 Å². The van der Waals surface area contributed by atoms with Crippen LogP contribution < -0.4 is 5.73 Å². The van der Waals surface area contributed by atoms with Crippen LogP contribution in [0.5, 0.6) is 0 Å². The third kappa shape index (κ3) is 3.42. The van der Waals surface area contributed by atoms with E-state index >= 15 is 0 Å². The van der Waals surface area contributed by atoms with Crippen molar-refractivity contribution in [2.75, 3.05) is 0 Å². The fraction of sp³-hybridized carbons (Fsp3) is 0.200. The summed E-state index contributed by atoms with van der Waals surface area (Å²) in [5.41, 5.74) is 6.10. The summed E-state index contributed by atoms with van der Waals surface area (Å²) in [6.07, 6.45) is 0.267. The van der Waals surface area contributed by atoms with Gasteiger partial charge in [-0.3, -0.25) is 4.79 Å². The van der Waals surface area contributed by atoms with Crippen LogP contribution in [-0.2, 0) is 4.79 Å². The highest BCUT2D eigenvalue weighted by Gasteiger charge is 2.09. The molecule has 2 N–H and O–H groups in total. The number of rotatable bonds is 3. The van der Waals surface area contributed by atoms with Gasteiger partial charge in [0, 0.05) is 15.4 Å². The molecule has 1 aromatic rings. The highest BCUT2D eigenvalue weighted by atomic mass is 79.9. The number of carbonyl (C=O) groups is 1. The molecule has 0 aliphatic carbocycles. The maximum absolute atomic E-state index is 10.7. The molecule has 0 saturated heterocycles. The molecule has 1 unspecified atom stereocenters. The topological polar surface area (TPSA) is 43.1 Å². The minimum atomic E-state index is -0.332. The van der Waals surface area contributed by atoms with Crippen molar-refractivity contribution < 1.29 is 4.79 Å². The molecule has 0 spiro atoms. The second-order valence-corrected chi connectivity index (χ2v) is 4.90. The van der Waals surface area contributed by atoms with Gasteiger partial charge in [0.15, 0.2) is 0 Å². The average Bonchev–Trinajstić information content (AvgIpc) is 2.00. The van der Waals surface area contributed by atoms with Gasteiger partial charge >= 0.3 is 0 Å². The van der Waals surface area contributed by atoms with Crippen molar-refractivity contribution in [2.24, 2.45) is 5.73 Å². The van der Waals surface area contributed by atoms with Crippen LogP contribution in [-0.4, -0.2) is 5.91 Å². The largest absolute Gasteiger partial charge is 0.370 e. The Morgan fingerprint density at radius 2 is 1.86 bits per heavy atom. The second kappa shape index (κ2) is 4.94.